The van der Waals surface area contributed by atoms with Crippen LogP contribution in [0.1, 0.15) is 108 Å². The van der Waals surface area contributed by atoms with E-state index in [1.54, 1.807) is 0 Å². The van der Waals surface area contributed by atoms with Gasteiger partial charge in [-0.25, -0.2) is 0 Å². The van der Waals surface area contributed by atoms with Gasteiger partial charge in [0.05, 0.1) is 0 Å². The summed E-state index contributed by atoms with van der Waals surface area (Å²) in [6.07, 6.45) is 0. The third-order valence-corrected chi connectivity index (χ3v) is 13.2. The number of nitrogens with zero attached hydrogens (tertiary/aromatic N) is 1. The highest BCUT2D eigenvalue weighted by Crippen LogP contribution is 2.54. The Morgan fingerprint density at radius 2 is 0.793 bits per heavy atom. The topological polar surface area (TPSA) is 3.24 Å². The predicted molar refractivity (Wildman–Crippen MR) is 249 cm³/mol. The first-order chi connectivity index (χ1) is 27.4. The summed E-state index contributed by atoms with van der Waals surface area (Å²) in [7, 11) is 0. The molecule has 0 saturated heterocycles. The molecule has 58 heavy (non-hydrogen) atoms. The van der Waals surface area contributed by atoms with Crippen molar-refractivity contribution in [2.45, 2.75) is 97.8 Å². The summed E-state index contributed by atoms with van der Waals surface area (Å²) in [5.74, 6) is 0. The van der Waals surface area contributed by atoms with E-state index in [9.17, 15) is 0 Å². The standard InChI is InChI=1S/C57H57N/c1-36-20-26-40(27-21-36)58(41-28-24-39(25-29-41)54(2,3)4)42-34-47(37-22-30-45-43-16-12-14-18-49(43)56(8,9)51(45)32-37)53(55(5,6)7)48(35-42)38-23-31-46-44-17-13-15-19-50(44)57(10,11)52(46)33-38/h12-35H,1-11H3. The first-order valence-corrected chi connectivity index (χ1v) is 21.1. The van der Waals surface area contributed by atoms with E-state index in [1.165, 1.54) is 83.5 Å². The van der Waals surface area contributed by atoms with E-state index in [4.69, 9.17) is 0 Å². The third-order valence-electron chi connectivity index (χ3n) is 13.2. The highest BCUT2D eigenvalue weighted by molar-refractivity contribution is 5.92. The zero-order valence-corrected chi connectivity index (χ0v) is 36.3. The highest BCUT2D eigenvalue weighted by atomic mass is 15.1. The molecule has 0 aromatic heterocycles. The molecule has 0 atom stereocenters. The second-order valence-corrected chi connectivity index (χ2v) is 20.0. The smallest absolute Gasteiger partial charge is 0.0474 e. The number of fused-ring (bicyclic) bond motifs is 6. The molecule has 0 heterocycles. The fourth-order valence-electron chi connectivity index (χ4n) is 10.0. The van der Waals surface area contributed by atoms with E-state index >= 15 is 0 Å². The van der Waals surface area contributed by atoms with Crippen molar-refractivity contribution < 1.29 is 0 Å². The van der Waals surface area contributed by atoms with Gasteiger partial charge in [-0.05, 0) is 144 Å². The van der Waals surface area contributed by atoms with Crippen LogP contribution in [0.25, 0.3) is 44.5 Å². The maximum Gasteiger partial charge on any atom is 0.0474 e. The average Bonchev–Trinajstić information content (AvgIpc) is 3.57. The van der Waals surface area contributed by atoms with Gasteiger partial charge in [-0.15, -0.1) is 0 Å². The molecule has 0 saturated carbocycles. The maximum absolute atomic E-state index is 2.50. The van der Waals surface area contributed by atoms with Crippen molar-refractivity contribution in [1.29, 1.82) is 0 Å². The lowest BCUT2D eigenvalue weighted by molar-refractivity contribution is 0.590. The van der Waals surface area contributed by atoms with Gasteiger partial charge in [-0.2, -0.15) is 0 Å². The molecule has 9 rings (SSSR count). The van der Waals surface area contributed by atoms with Crippen molar-refractivity contribution in [3.05, 3.63) is 185 Å². The van der Waals surface area contributed by atoms with Gasteiger partial charge in [0.15, 0.2) is 0 Å². The number of benzene rings is 7. The second-order valence-electron chi connectivity index (χ2n) is 20.0. The fourth-order valence-corrected chi connectivity index (χ4v) is 10.0. The van der Waals surface area contributed by atoms with E-state index in [0.29, 0.717) is 0 Å². The van der Waals surface area contributed by atoms with Crippen molar-refractivity contribution >= 4 is 17.1 Å². The molecule has 0 fully saturated rings. The zero-order chi connectivity index (χ0) is 40.9. The molecule has 290 valence electrons. The molecule has 0 bridgehead atoms. The van der Waals surface area contributed by atoms with Crippen molar-refractivity contribution in [1.82, 2.24) is 0 Å². The summed E-state index contributed by atoms with van der Waals surface area (Å²) in [6, 6.07) is 55.7. The molecule has 0 N–H and O–H groups in total. The van der Waals surface area contributed by atoms with Crippen molar-refractivity contribution in [3.63, 3.8) is 0 Å². The van der Waals surface area contributed by atoms with Gasteiger partial charge in [0.1, 0.15) is 0 Å². The normalized spacial score (nSPS) is 14.7. The quantitative estimate of drug-likeness (QED) is 0.169. The number of rotatable bonds is 5. The summed E-state index contributed by atoms with van der Waals surface area (Å²) in [4.78, 5) is 2.46. The van der Waals surface area contributed by atoms with E-state index < -0.39 is 0 Å². The van der Waals surface area contributed by atoms with Gasteiger partial charge in [0, 0.05) is 27.9 Å². The Bertz CT molecular complexity index is 2600. The van der Waals surface area contributed by atoms with Crippen molar-refractivity contribution in [2.24, 2.45) is 0 Å². The van der Waals surface area contributed by atoms with Gasteiger partial charge in [0.2, 0.25) is 0 Å². The van der Waals surface area contributed by atoms with Crippen LogP contribution in [0, 0.1) is 6.92 Å². The van der Waals surface area contributed by atoms with Crippen LogP contribution in [-0.4, -0.2) is 0 Å². The van der Waals surface area contributed by atoms with Crippen LogP contribution >= 0.6 is 0 Å². The highest BCUT2D eigenvalue weighted by Gasteiger charge is 2.38. The Labute approximate surface area is 347 Å². The molecule has 0 spiro atoms. The molecule has 0 radical (unpaired) electrons. The van der Waals surface area contributed by atoms with E-state index in [-0.39, 0.29) is 21.7 Å². The van der Waals surface area contributed by atoms with Crippen LogP contribution in [0.4, 0.5) is 17.1 Å². The molecule has 1 heteroatoms. The number of aryl methyl sites for hydroxylation is 1. The van der Waals surface area contributed by atoms with Gasteiger partial charge < -0.3 is 4.90 Å². The molecular formula is C57H57N. The second kappa shape index (κ2) is 13.2. The molecule has 0 aliphatic heterocycles. The Kier molecular flexibility index (Phi) is 8.61. The van der Waals surface area contributed by atoms with Crippen LogP contribution in [0.5, 0.6) is 0 Å². The molecule has 1 nitrogen and oxygen atoms in total. The van der Waals surface area contributed by atoms with Gasteiger partial charge in [-0.1, -0.05) is 172 Å². The number of hydrogen-bond donors (Lipinski definition) is 0. The van der Waals surface area contributed by atoms with Gasteiger partial charge >= 0.3 is 0 Å². The molecular weight excluding hydrogens is 699 g/mol. The van der Waals surface area contributed by atoms with E-state index in [0.717, 1.165) is 17.1 Å². The molecule has 0 unspecified atom stereocenters. The lowest BCUT2D eigenvalue weighted by Gasteiger charge is -2.33. The van der Waals surface area contributed by atoms with Crippen molar-refractivity contribution in [2.75, 3.05) is 4.90 Å². The van der Waals surface area contributed by atoms with E-state index in [1.807, 2.05) is 0 Å². The van der Waals surface area contributed by atoms with Crippen molar-refractivity contribution in [3.8, 4) is 44.5 Å². The summed E-state index contributed by atoms with van der Waals surface area (Å²) < 4.78 is 0. The minimum absolute atomic E-state index is 0.0594. The van der Waals surface area contributed by atoms with Crippen LogP contribution in [0.15, 0.2) is 146 Å². The summed E-state index contributed by atoms with van der Waals surface area (Å²) in [5, 5.41) is 0. The molecule has 7 aromatic carbocycles. The van der Waals surface area contributed by atoms with Crippen LogP contribution in [0.3, 0.4) is 0 Å². The lowest BCUT2D eigenvalue weighted by atomic mass is 9.75. The maximum atomic E-state index is 2.50. The molecule has 2 aliphatic carbocycles. The lowest BCUT2D eigenvalue weighted by Crippen LogP contribution is -2.18. The fraction of sp³-hybridized carbons (Fsp3) is 0.263. The predicted octanol–water partition coefficient (Wildman–Crippen LogP) is 16.0. The molecule has 2 aliphatic rings. The van der Waals surface area contributed by atoms with Crippen LogP contribution < -0.4 is 4.90 Å². The summed E-state index contributed by atoms with van der Waals surface area (Å²) in [6.45, 7) is 25.7. The first kappa shape index (κ1) is 37.9. The average molecular weight is 756 g/mol. The largest absolute Gasteiger partial charge is 0.310 e. The summed E-state index contributed by atoms with van der Waals surface area (Å²) >= 11 is 0. The monoisotopic (exact) mass is 755 g/mol. The zero-order valence-electron chi connectivity index (χ0n) is 36.3. The Morgan fingerprint density at radius 3 is 1.22 bits per heavy atom. The minimum atomic E-state index is -0.165. The Morgan fingerprint density at radius 1 is 0.379 bits per heavy atom. The summed E-state index contributed by atoms with van der Waals surface area (Å²) in [5.41, 5.74) is 23.1. The number of anilines is 3. The first-order valence-electron chi connectivity index (χ1n) is 21.1. The molecule has 7 aromatic rings. The van der Waals surface area contributed by atoms with Crippen LogP contribution in [-0.2, 0) is 21.7 Å². The van der Waals surface area contributed by atoms with Gasteiger partial charge in [0.25, 0.3) is 0 Å². The Hall–Kier alpha value is -5.66. The Balaban J connectivity index is 1.34. The van der Waals surface area contributed by atoms with E-state index in [2.05, 4.69) is 227 Å². The van der Waals surface area contributed by atoms with Gasteiger partial charge in [-0.3, -0.25) is 0 Å². The van der Waals surface area contributed by atoms with Crippen LogP contribution in [0.2, 0.25) is 0 Å². The number of hydrogen-bond acceptors (Lipinski definition) is 1. The molecule has 0 amide bonds. The minimum Gasteiger partial charge on any atom is -0.310 e. The third kappa shape index (κ3) is 6.05. The SMILES string of the molecule is Cc1ccc(N(c2ccc(C(C)(C)C)cc2)c2cc(-c3ccc4c(c3)C(C)(C)c3ccccc3-4)c(C(C)(C)C)c(-c3ccc4c(c3)C(C)(C)c3ccccc3-4)c2)cc1.